The molecule has 1 rings (SSSR count). The van der Waals surface area contributed by atoms with Crippen molar-refractivity contribution in [2.45, 2.75) is 32.2 Å². The number of hydrogen-bond donors (Lipinski definition) is 3. The monoisotopic (exact) mass is 214 g/mol. The van der Waals surface area contributed by atoms with Crippen molar-refractivity contribution in [2.24, 2.45) is 5.92 Å². The van der Waals surface area contributed by atoms with Crippen LogP contribution in [0.4, 0.5) is 0 Å². The van der Waals surface area contributed by atoms with E-state index in [1.165, 1.54) is 0 Å². The van der Waals surface area contributed by atoms with Gasteiger partial charge in [-0.2, -0.15) is 0 Å². The predicted molar refractivity (Wildman–Crippen MR) is 55.5 cm³/mol. The normalized spacial score (nSPS) is 17.9. The van der Waals surface area contributed by atoms with E-state index in [4.69, 9.17) is 5.11 Å². The Bertz CT molecular complexity index is 239. The number of carbonyl (C=O) groups is 2. The highest BCUT2D eigenvalue weighted by molar-refractivity contribution is 5.76. The second-order valence-electron chi connectivity index (χ2n) is 4.13. The van der Waals surface area contributed by atoms with Gasteiger partial charge in [-0.1, -0.05) is 0 Å². The minimum atomic E-state index is -0.820. The Balaban J connectivity index is 2.09. The zero-order valence-electron chi connectivity index (χ0n) is 8.95. The van der Waals surface area contributed by atoms with Gasteiger partial charge in [-0.15, -0.1) is 0 Å². The summed E-state index contributed by atoms with van der Waals surface area (Å²) in [5, 5.41) is 14.4. The highest BCUT2D eigenvalue weighted by atomic mass is 16.4. The van der Waals surface area contributed by atoms with E-state index in [0.29, 0.717) is 18.8 Å². The van der Waals surface area contributed by atoms with Gasteiger partial charge in [-0.3, -0.25) is 9.59 Å². The fourth-order valence-corrected chi connectivity index (χ4v) is 1.50. The number of carboxylic acid groups (broad SMARTS) is 1. The van der Waals surface area contributed by atoms with E-state index in [-0.39, 0.29) is 18.4 Å². The molecule has 5 heteroatoms. The maximum atomic E-state index is 11.4. The van der Waals surface area contributed by atoms with Gasteiger partial charge in [-0.25, -0.2) is 0 Å². The van der Waals surface area contributed by atoms with E-state index >= 15 is 0 Å². The summed E-state index contributed by atoms with van der Waals surface area (Å²) in [5.41, 5.74) is 0. The summed E-state index contributed by atoms with van der Waals surface area (Å²) < 4.78 is 0. The van der Waals surface area contributed by atoms with E-state index in [1.54, 1.807) is 0 Å². The summed E-state index contributed by atoms with van der Waals surface area (Å²) in [6.45, 7) is 3.66. The number of carboxylic acids is 1. The first-order valence-electron chi connectivity index (χ1n) is 5.30. The molecule has 0 radical (unpaired) electrons. The number of carbonyl (C=O) groups excluding carboxylic acids is 1. The maximum Gasteiger partial charge on any atom is 0.303 e. The molecule has 5 nitrogen and oxygen atoms in total. The minimum absolute atomic E-state index is 0.0272. The molecule has 15 heavy (non-hydrogen) atoms. The fraction of sp³-hybridized carbons (Fsp3) is 0.800. The average Bonchev–Trinajstić information content (AvgIpc) is 2.08. The quantitative estimate of drug-likeness (QED) is 0.580. The van der Waals surface area contributed by atoms with Crippen LogP contribution in [-0.4, -0.2) is 36.1 Å². The van der Waals surface area contributed by atoms with Crippen LogP contribution in [0.3, 0.4) is 0 Å². The van der Waals surface area contributed by atoms with Crippen LogP contribution in [0.1, 0.15) is 26.2 Å². The molecule has 1 unspecified atom stereocenters. The van der Waals surface area contributed by atoms with Crippen molar-refractivity contribution in [3.8, 4) is 0 Å². The molecule has 0 bridgehead atoms. The van der Waals surface area contributed by atoms with Gasteiger partial charge in [0.15, 0.2) is 0 Å². The van der Waals surface area contributed by atoms with Crippen molar-refractivity contribution >= 4 is 11.9 Å². The first-order chi connectivity index (χ1) is 7.08. The van der Waals surface area contributed by atoms with Crippen LogP contribution >= 0.6 is 0 Å². The molecule has 1 aliphatic heterocycles. The minimum Gasteiger partial charge on any atom is -0.481 e. The molecule has 0 aliphatic carbocycles. The highest BCUT2D eigenvalue weighted by Crippen LogP contribution is 2.08. The van der Waals surface area contributed by atoms with Gasteiger partial charge >= 0.3 is 5.97 Å². The molecule has 86 valence electrons. The third kappa shape index (κ3) is 4.78. The average molecular weight is 214 g/mol. The highest BCUT2D eigenvalue weighted by Gasteiger charge is 2.20. The third-order valence-corrected chi connectivity index (χ3v) is 2.54. The van der Waals surface area contributed by atoms with E-state index in [0.717, 1.165) is 13.1 Å². The number of rotatable bonds is 6. The maximum absolute atomic E-state index is 11.4. The van der Waals surface area contributed by atoms with Gasteiger partial charge in [0.2, 0.25) is 5.91 Å². The van der Waals surface area contributed by atoms with Crippen molar-refractivity contribution in [1.82, 2.24) is 10.6 Å². The molecule has 1 fully saturated rings. The predicted octanol–water partition coefficient (Wildman–Crippen LogP) is -0.0346. The van der Waals surface area contributed by atoms with Crippen LogP contribution < -0.4 is 10.6 Å². The molecule has 0 saturated carbocycles. The summed E-state index contributed by atoms with van der Waals surface area (Å²) in [6.07, 6.45) is 1.14. The number of hydrogen-bond acceptors (Lipinski definition) is 3. The zero-order valence-corrected chi connectivity index (χ0v) is 8.95. The standard InChI is InChI=1S/C10H18N2O3/c1-7(2-3-10(14)15)12-9(13)4-8-5-11-6-8/h7-8,11H,2-6H2,1H3,(H,12,13)(H,14,15). The summed E-state index contributed by atoms with van der Waals surface area (Å²) >= 11 is 0. The van der Waals surface area contributed by atoms with E-state index < -0.39 is 5.97 Å². The van der Waals surface area contributed by atoms with Gasteiger partial charge in [0, 0.05) is 18.9 Å². The molecule has 0 spiro atoms. The SMILES string of the molecule is CC(CCC(=O)O)NC(=O)CC1CNC1. The summed E-state index contributed by atoms with van der Waals surface area (Å²) in [5.74, 6) is -0.338. The number of amides is 1. The van der Waals surface area contributed by atoms with Gasteiger partial charge in [-0.05, 0) is 32.4 Å². The molecule has 1 amide bonds. The lowest BCUT2D eigenvalue weighted by atomic mass is 9.99. The smallest absolute Gasteiger partial charge is 0.303 e. The zero-order chi connectivity index (χ0) is 11.3. The van der Waals surface area contributed by atoms with Crippen LogP contribution in [0.5, 0.6) is 0 Å². The van der Waals surface area contributed by atoms with Gasteiger partial charge in [0.05, 0.1) is 0 Å². The Hall–Kier alpha value is -1.10. The lowest BCUT2D eigenvalue weighted by Gasteiger charge is -2.26. The summed E-state index contributed by atoms with van der Waals surface area (Å²) in [7, 11) is 0. The van der Waals surface area contributed by atoms with E-state index in [9.17, 15) is 9.59 Å². The Morgan fingerprint density at radius 1 is 1.53 bits per heavy atom. The van der Waals surface area contributed by atoms with Gasteiger partial charge < -0.3 is 15.7 Å². The van der Waals surface area contributed by atoms with E-state index in [2.05, 4.69) is 10.6 Å². The second kappa shape index (κ2) is 5.70. The van der Waals surface area contributed by atoms with Crippen molar-refractivity contribution in [3.63, 3.8) is 0 Å². The van der Waals surface area contributed by atoms with Crippen molar-refractivity contribution in [2.75, 3.05) is 13.1 Å². The van der Waals surface area contributed by atoms with Crippen molar-refractivity contribution in [3.05, 3.63) is 0 Å². The fourth-order valence-electron chi connectivity index (χ4n) is 1.50. The molecule has 3 N–H and O–H groups in total. The third-order valence-electron chi connectivity index (χ3n) is 2.54. The second-order valence-corrected chi connectivity index (χ2v) is 4.13. The molecular formula is C10H18N2O3. The van der Waals surface area contributed by atoms with Crippen LogP contribution in [0.25, 0.3) is 0 Å². The largest absolute Gasteiger partial charge is 0.481 e. The Morgan fingerprint density at radius 3 is 2.67 bits per heavy atom. The first kappa shape index (κ1) is 12.0. The molecule has 0 aromatic heterocycles. The molecule has 1 heterocycles. The van der Waals surface area contributed by atoms with Crippen LogP contribution in [0.15, 0.2) is 0 Å². The topological polar surface area (TPSA) is 78.4 Å². The van der Waals surface area contributed by atoms with Crippen LogP contribution in [-0.2, 0) is 9.59 Å². The Labute approximate surface area is 89.2 Å². The lowest BCUT2D eigenvalue weighted by Crippen LogP contribution is -2.45. The molecular weight excluding hydrogens is 196 g/mol. The van der Waals surface area contributed by atoms with Crippen LogP contribution in [0, 0.1) is 5.92 Å². The summed E-state index contributed by atoms with van der Waals surface area (Å²) in [6, 6.07) is -0.0540. The summed E-state index contributed by atoms with van der Waals surface area (Å²) in [4.78, 5) is 21.7. The van der Waals surface area contributed by atoms with Crippen molar-refractivity contribution in [1.29, 1.82) is 0 Å². The molecule has 1 saturated heterocycles. The molecule has 1 atom stereocenters. The molecule has 0 aromatic rings. The van der Waals surface area contributed by atoms with E-state index in [1.807, 2.05) is 6.92 Å². The Kier molecular flexibility index (Phi) is 4.55. The molecule has 0 aromatic carbocycles. The Morgan fingerprint density at radius 2 is 2.20 bits per heavy atom. The molecule has 1 aliphatic rings. The van der Waals surface area contributed by atoms with Crippen LogP contribution in [0.2, 0.25) is 0 Å². The van der Waals surface area contributed by atoms with Gasteiger partial charge in [0.25, 0.3) is 0 Å². The lowest BCUT2D eigenvalue weighted by molar-refractivity contribution is -0.137. The number of aliphatic carboxylic acids is 1. The first-order valence-corrected chi connectivity index (χ1v) is 5.30. The number of nitrogens with one attached hydrogen (secondary N) is 2. The van der Waals surface area contributed by atoms with Gasteiger partial charge in [0.1, 0.15) is 0 Å². The van der Waals surface area contributed by atoms with Crippen molar-refractivity contribution < 1.29 is 14.7 Å².